The molecule has 18 heavy (non-hydrogen) atoms. The van der Waals surface area contributed by atoms with Gasteiger partial charge in [-0.05, 0) is 25.7 Å². The summed E-state index contributed by atoms with van der Waals surface area (Å²) in [7, 11) is 0. The van der Waals surface area contributed by atoms with Crippen molar-refractivity contribution >= 4 is 6.09 Å². The van der Waals surface area contributed by atoms with Gasteiger partial charge in [-0.2, -0.15) is 8.78 Å². The normalized spacial score (nSPS) is 24.2. The number of halogens is 2. The lowest BCUT2D eigenvalue weighted by Gasteiger charge is -2.26. The Kier molecular flexibility index (Phi) is 3.73. The van der Waals surface area contributed by atoms with Crippen molar-refractivity contribution in [3.8, 4) is 0 Å². The van der Waals surface area contributed by atoms with Crippen LogP contribution in [0.4, 0.5) is 13.6 Å². The smallest absolute Gasteiger partial charge is 0.404 e. The van der Waals surface area contributed by atoms with Gasteiger partial charge in [-0.15, -0.1) is 10.2 Å². The molecular formula is C10H13F2N3O3. The maximum atomic E-state index is 12.3. The summed E-state index contributed by atoms with van der Waals surface area (Å²) >= 11 is 0. The summed E-state index contributed by atoms with van der Waals surface area (Å²) in [5, 5.41) is 17.9. The van der Waals surface area contributed by atoms with Gasteiger partial charge in [-0.3, -0.25) is 0 Å². The first-order valence-electron chi connectivity index (χ1n) is 5.67. The second-order valence-electron chi connectivity index (χ2n) is 4.28. The Morgan fingerprint density at radius 3 is 2.50 bits per heavy atom. The Balaban J connectivity index is 1.90. The fourth-order valence-corrected chi connectivity index (χ4v) is 2.16. The van der Waals surface area contributed by atoms with Gasteiger partial charge in [0.15, 0.2) is 0 Å². The molecule has 1 amide bonds. The lowest BCUT2D eigenvalue weighted by atomic mass is 9.86. The van der Waals surface area contributed by atoms with Crippen molar-refractivity contribution in [2.45, 2.75) is 44.1 Å². The average Bonchev–Trinajstić information content (AvgIpc) is 2.78. The monoisotopic (exact) mass is 261 g/mol. The number of alkyl halides is 2. The Morgan fingerprint density at radius 2 is 2.00 bits per heavy atom. The van der Waals surface area contributed by atoms with Crippen LogP contribution in [0.25, 0.3) is 0 Å². The first kappa shape index (κ1) is 12.7. The fourth-order valence-electron chi connectivity index (χ4n) is 2.16. The van der Waals surface area contributed by atoms with Crippen molar-refractivity contribution < 1.29 is 23.1 Å². The Morgan fingerprint density at radius 1 is 1.33 bits per heavy atom. The van der Waals surface area contributed by atoms with Crippen LogP contribution in [0, 0.1) is 0 Å². The van der Waals surface area contributed by atoms with Gasteiger partial charge in [0.1, 0.15) is 0 Å². The molecule has 8 heteroatoms. The fraction of sp³-hybridized carbons (Fsp3) is 0.700. The molecule has 1 aliphatic rings. The van der Waals surface area contributed by atoms with Crippen molar-refractivity contribution in [3.63, 3.8) is 0 Å². The third kappa shape index (κ3) is 2.93. The van der Waals surface area contributed by atoms with Crippen LogP contribution in [0.2, 0.25) is 0 Å². The summed E-state index contributed by atoms with van der Waals surface area (Å²) < 4.78 is 29.5. The van der Waals surface area contributed by atoms with E-state index < -0.39 is 18.4 Å². The van der Waals surface area contributed by atoms with Crippen molar-refractivity contribution in [1.82, 2.24) is 15.5 Å². The number of aromatic nitrogens is 2. The van der Waals surface area contributed by atoms with Crippen LogP contribution < -0.4 is 5.32 Å². The molecule has 6 nitrogen and oxygen atoms in total. The van der Waals surface area contributed by atoms with E-state index in [9.17, 15) is 13.6 Å². The largest absolute Gasteiger partial charge is 0.465 e. The van der Waals surface area contributed by atoms with E-state index in [0.29, 0.717) is 25.7 Å². The highest BCUT2D eigenvalue weighted by Crippen LogP contribution is 2.33. The van der Waals surface area contributed by atoms with Crippen LogP contribution in [0.3, 0.4) is 0 Å². The van der Waals surface area contributed by atoms with E-state index in [1.807, 2.05) is 0 Å². The van der Waals surface area contributed by atoms with E-state index in [0.717, 1.165) is 0 Å². The summed E-state index contributed by atoms with van der Waals surface area (Å²) in [5.74, 6) is -0.494. The van der Waals surface area contributed by atoms with Gasteiger partial charge >= 0.3 is 12.5 Å². The molecule has 2 N–H and O–H groups in total. The molecule has 1 saturated carbocycles. The molecule has 0 saturated heterocycles. The molecule has 100 valence electrons. The average molecular weight is 261 g/mol. The minimum atomic E-state index is -2.75. The third-order valence-electron chi connectivity index (χ3n) is 3.05. The van der Waals surface area contributed by atoms with Gasteiger partial charge in [-0.1, -0.05) is 0 Å². The van der Waals surface area contributed by atoms with Crippen molar-refractivity contribution in [2.24, 2.45) is 0 Å². The van der Waals surface area contributed by atoms with E-state index >= 15 is 0 Å². The molecule has 0 aromatic carbocycles. The van der Waals surface area contributed by atoms with Gasteiger partial charge in [0.05, 0.1) is 0 Å². The third-order valence-corrected chi connectivity index (χ3v) is 3.05. The predicted molar refractivity (Wildman–Crippen MR) is 55.4 cm³/mol. The first-order chi connectivity index (χ1) is 8.56. The first-order valence-corrected chi connectivity index (χ1v) is 5.67. The summed E-state index contributed by atoms with van der Waals surface area (Å²) in [4.78, 5) is 10.5. The topological polar surface area (TPSA) is 88.2 Å². The van der Waals surface area contributed by atoms with Crippen LogP contribution in [0.5, 0.6) is 0 Å². The minimum absolute atomic E-state index is 0.0585. The highest BCUT2D eigenvalue weighted by atomic mass is 19.3. The highest BCUT2D eigenvalue weighted by Gasteiger charge is 2.28. The number of carboxylic acid groups (broad SMARTS) is 1. The van der Waals surface area contributed by atoms with Crippen LogP contribution in [0.15, 0.2) is 4.42 Å². The lowest BCUT2D eigenvalue weighted by Crippen LogP contribution is -2.36. The molecule has 1 aromatic heterocycles. The highest BCUT2D eigenvalue weighted by molar-refractivity contribution is 5.64. The zero-order valence-corrected chi connectivity index (χ0v) is 9.47. The van der Waals surface area contributed by atoms with E-state index in [1.54, 1.807) is 0 Å². The van der Waals surface area contributed by atoms with E-state index in [1.165, 1.54) is 0 Å². The van der Waals surface area contributed by atoms with Crippen LogP contribution >= 0.6 is 0 Å². The molecule has 0 unspecified atom stereocenters. The molecule has 1 aliphatic carbocycles. The lowest BCUT2D eigenvalue weighted by molar-refractivity contribution is 0.111. The van der Waals surface area contributed by atoms with Crippen molar-refractivity contribution in [3.05, 3.63) is 11.8 Å². The summed E-state index contributed by atoms with van der Waals surface area (Å²) in [5.41, 5.74) is 0. The zero-order chi connectivity index (χ0) is 13.1. The standard InChI is InChI=1S/C10H13F2N3O3/c11-7(12)9-15-14-8(18-9)5-1-3-6(4-2-5)13-10(16)17/h5-7,13H,1-4H2,(H,16,17)/t5-,6-. The van der Waals surface area contributed by atoms with E-state index in [2.05, 4.69) is 15.5 Å². The Labute approximate surface area is 101 Å². The van der Waals surface area contributed by atoms with Crippen molar-refractivity contribution in [2.75, 3.05) is 0 Å². The molecule has 0 bridgehead atoms. The van der Waals surface area contributed by atoms with Gasteiger partial charge in [-0.25, -0.2) is 4.79 Å². The quantitative estimate of drug-likeness (QED) is 0.871. The number of rotatable bonds is 3. The molecule has 0 aliphatic heterocycles. The molecule has 1 heterocycles. The molecule has 1 fully saturated rings. The number of hydrogen-bond donors (Lipinski definition) is 2. The maximum absolute atomic E-state index is 12.3. The summed E-state index contributed by atoms with van der Waals surface area (Å²) in [6.07, 6.45) is -1.22. The van der Waals surface area contributed by atoms with Gasteiger partial charge < -0.3 is 14.8 Å². The van der Waals surface area contributed by atoms with Gasteiger partial charge in [0, 0.05) is 12.0 Å². The second-order valence-corrected chi connectivity index (χ2v) is 4.28. The second kappa shape index (κ2) is 5.28. The molecule has 1 aromatic rings. The maximum Gasteiger partial charge on any atom is 0.404 e. The summed E-state index contributed by atoms with van der Waals surface area (Å²) in [6.45, 7) is 0. The van der Waals surface area contributed by atoms with E-state index in [4.69, 9.17) is 9.52 Å². The minimum Gasteiger partial charge on any atom is -0.465 e. The number of nitrogens with zero attached hydrogens (tertiary/aromatic N) is 2. The number of hydrogen-bond acceptors (Lipinski definition) is 4. The Bertz CT molecular complexity index is 416. The van der Waals surface area contributed by atoms with Gasteiger partial charge in [0.25, 0.3) is 5.89 Å². The molecular weight excluding hydrogens is 248 g/mol. The zero-order valence-electron chi connectivity index (χ0n) is 9.47. The van der Waals surface area contributed by atoms with Gasteiger partial charge in [0.2, 0.25) is 5.89 Å². The van der Waals surface area contributed by atoms with E-state index in [-0.39, 0.29) is 17.9 Å². The molecule has 0 atom stereocenters. The SMILES string of the molecule is O=C(O)N[C@H]1CC[C@H](c2nnc(C(F)F)o2)CC1. The van der Waals surface area contributed by atoms with Crippen molar-refractivity contribution in [1.29, 1.82) is 0 Å². The Hall–Kier alpha value is -1.73. The molecule has 0 radical (unpaired) electrons. The number of amides is 1. The van der Waals surface area contributed by atoms with Crippen LogP contribution in [0.1, 0.15) is 49.8 Å². The molecule has 0 spiro atoms. The van der Waals surface area contributed by atoms with Crippen LogP contribution in [-0.4, -0.2) is 27.4 Å². The molecule has 2 rings (SSSR count). The summed E-state index contributed by atoms with van der Waals surface area (Å²) in [6, 6.07) is -0.0868. The number of nitrogens with one attached hydrogen (secondary N) is 1. The van der Waals surface area contributed by atoms with Crippen LogP contribution in [-0.2, 0) is 0 Å². The predicted octanol–water partition coefficient (Wildman–Crippen LogP) is 2.30. The number of carbonyl (C=O) groups is 1.